The summed E-state index contributed by atoms with van der Waals surface area (Å²) in [6.45, 7) is 0. The molecular weight excluding hydrogens is 328 g/mol. The molecule has 4 nitrogen and oxygen atoms in total. The second kappa shape index (κ2) is 7.49. The lowest BCUT2D eigenvalue weighted by Crippen LogP contribution is -2.08. The van der Waals surface area contributed by atoms with Crippen LogP contribution in [0.25, 0.3) is 11.6 Å². The molecule has 0 aliphatic carbocycles. The Labute approximate surface area is 150 Å². The molecule has 0 aliphatic rings. The largest absolute Gasteiger partial charge is 0.478 e. The fourth-order valence-electron chi connectivity index (χ4n) is 2.75. The van der Waals surface area contributed by atoms with E-state index < -0.39 is 11.9 Å². The number of aromatic carboxylic acids is 2. The zero-order valence-corrected chi connectivity index (χ0v) is 13.8. The van der Waals surface area contributed by atoms with E-state index in [1.807, 2.05) is 66.7 Å². The molecule has 0 aliphatic heterocycles. The van der Waals surface area contributed by atoms with Crippen molar-refractivity contribution in [3.05, 3.63) is 107 Å². The van der Waals surface area contributed by atoms with Crippen LogP contribution in [0.1, 0.15) is 37.4 Å². The van der Waals surface area contributed by atoms with Gasteiger partial charge in [-0.15, -0.1) is 0 Å². The lowest BCUT2D eigenvalue weighted by Gasteiger charge is -2.10. The molecule has 0 saturated heterocycles. The van der Waals surface area contributed by atoms with Gasteiger partial charge in [-0.2, -0.15) is 0 Å². The summed E-state index contributed by atoms with van der Waals surface area (Å²) in [6, 6.07) is 23.8. The second-order valence-electron chi connectivity index (χ2n) is 5.71. The average molecular weight is 344 g/mol. The summed E-state index contributed by atoms with van der Waals surface area (Å²) in [7, 11) is 0. The smallest absolute Gasteiger partial charge is 0.336 e. The van der Waals surface area contributed by atoms with Gasteiger partial charge >= 0.3 is 11.9 Å². The quantitative estimate of drug-likeness (QED) is 0.660. The Hall–Kier alpha value is -3.66. The third kappa shape index (κ3) is 3.70. The standard InChI is InChI=1S/C22H16O4/c23-21(24)18-12-11-15(14-20(18)22(25)26)13-19(16-7-3-1-4-8-16)17-9-5-2-6-10-17/h1-14H,(H,23,24)(H,25,26). The highest BCUT2D eigenvalue weighted by Crippen LogP contribution is 2.26. The highest BCUT2D eigenvalue weighted by molar-refractivity contribution is 6.02. The van der Waals surface area contributed by atoms with Gasteiger partial charge in [0.15, 0.2) is 0 Å². The minimum Gasteiger partial charge on any atom is -0.478 e. The van der Waals surface area contributed by atoms with Crippen molar-refractivity contribution in [2.45, 2.75) is 0 Å². The number of hydrogen-bond donors (Lipinski definition) is 2. The van der Waals surface area contributed by atoms with Crippen LogP contribution < -0.4 is 0 Å². The monoisotopic (exact) mass is 344 g/mol. The van der Waals surface area contributed by atoms with Crippen molar-refractivity contribution >= 4 is 23.6 Å². The summed E-state index contributed by atoms with van der Waals surface area (Å²) >= 11 is 0. The average Bonchev–Trinajstić information content (AvgIpc) is 2.67. The summed E-state index contributed by atoms with van der Waals surface area (Å²) in [5.41, 5.74) is 3.05. The Morgan fingerprint density at radius 1 is 0.654 bits per heavy atom. The molecule has 0 bridgehead atoms. The summed E-state index contributed by atoms with van der Waals surface area (Å²) in [6.07, 6.45) is 1.86. The van der Waals surface area contributed by atoms with Crippen LogP contribution in [0.2, 0.25) is 0 Å². The maximum absolute atomic E-state index is 11.4. The molecule has 0 amide bonds. The minimum absolute atomic E-state index is 0.226. The van der Waals surface area contributed by atoms with E-state index in [0.717, 1.165) is 16.7 Å². The molecule has 0 unspecified atom stereocenters. The Balaban J connectivity index is 2.16. The molecule has 0 heterocycles. The van der Waals surface area contributed by atoms with E-state index in [1.165, 1.54) is 12.1 Å². The molecule has 3 rings (SSSR count). The van der Waals surface area contributed by atoms with Gasteiger partial charge in [-0.1, -0.05) is 66.7 Å². The SMILES string of the molecule is O=C(O)c1ccc(C=C(c2ccccc2)c2ccccc2)cc1C(=O)O. The predicted molar refractivity (Wildman–Crippen MR) is 100 cm³/mol. The fraction of sp³-hybridized carbons (Fsp3) is 0. The van der Waals surface area contributed by atoms with E-state index in [4.69, 9.17) is 5.11 Å². The fourth-order valence-corrected chi connectivity index (χ4v) is 2.75. The Bertz CT molecular complexity index is 932. The zero-order chi connectivity index (χ0) is 18.5. The molecule has 0 radical (unpaired) electrons. The van der Waals surface area contributed by atoms with Crippen LogP contribution in [0, 0.1) is 0 Å². The first-order valence-corrected chi connectivity index (χ1v) is 7.99. The first kappa shape index (κ1) is 17.2. The van der Waals surface area contributed by atoms with E-state index in [2.05, 4.69) is 0 Å². The summed E-state index contributed by atoms with van der Waals surface area (Å²) in [4.78, 5) is 22.6. The summed E-state index contributed by atoms with van der Waals surface area (Å²) < 4.78 is 0. The lowest BCUT2D eigenvalue weighted by atomic mass is 9.94. The Kier molecular flexibility index (Phi) is 4.94. The van der Waals surface area contributed by atoms with Gasteiger partial charge in [0.2, 0.25) is 0 Å². The molecule has 0 fully saturated rings. The third-order valence-corrected chi connectivity index (χ3v) is 3.99. The van der Waals surface area contributed by atoms with Crippen LogP contribution >= 0.6 is 0 Å². The number of rotatable bonds is 5. The summed E-state index contributed by atoms with van der Waals surface area (Å²) in [5, 5.41) is 18.5. The molecule has 0 atom stereocenters. The van der Waals surface area contributed by atoms with E-state index in [-0.39, 0.29) is 11.1 Å². The maximum atomic E-state index is 11.4. The van der Waals surface area contributed by atoms with Gasteiger partial charge < -0.3 is 10.2 Å². The number of carbonyl (C=O) groups is 2. The van der Waals surface area contributed by atoms with Gasteiger partial charge in [-0.05, 0) is 40.5 Å². The topological polar surface area (TPSA) is 74.6 Å². The number of hydrogen-bond acceptors (Lipinski definition) is 2. The molecule has 26 heavy (non-hydrogen) atoms. The Morgan fingerprint density at radius 3 is 1.62 bits per heavy atom. The van der Waals surface area contributed by atoms with E-state index in [9.17, 15) is 14.7 Å². The summed E-state index contributed by atoms with van der Waals surface area (Å²) in [5.74, 6) is -2.53. The predicted octanol–water partition coefficient (Wildman–Crippen LogP) is 4.67. The van der Waals surface area contributed by atoms with Crippen molar-refractivity contribution in [1.29, 1.82) is 0 Å². The van der Waals surface area contributed by atoms with Gasteiger partial charge in [-0.25, -0.2) is 9.59 Å². The second-order valence-corrected chi connectivity index (χ2v) is 5.71. The van der Waals surface area contributed by atoms with E-state index in [0.29, 0.717) is 5.56 Å². The van der Waals surface area contributed by atoms with E-state index >= 15 is 0 Å². The van der Waals surface area contributed by atoms with Crippen molar-refractivity contribution in [2.24, 2.45) is 0 Å². The van der Waals surface area contributed by atoms with Crippen LogP contribution in [0.3, 0.4) is 0 Å². The van der Waals surface area contributed by atoms with E-state index in [1.54, 1.807) is 6.07 Å². The molecule has 3 aromatic rings. The number of benzene rings is 3. The lowest BCUT2D eigenvalue weighted by molar-refractivity contribution is 0.0651. The molecule has 2 N–H and O–H groups in total. The number of carboxylic acid groups (broad SMARTS) is 2. The van der Waals surface area contributed by atoms with Crippen molar-refractivity contribution in [3.63, 3.8) is 0 Å². The number of carboxylic acids is 2. The zero-order valence-electron chi connectivity index (χ0n) is 13.8. The van der Waals surface area contributed by atoms with Crippen LogP contribution in [-0.2, 0) is 0 Å². The van der Waals surface area contributed by atoms with Crippen molar-refractivity contribution < 1.29 is 19.8 Å². The molecule has 0 aromatic heterocycles. The van der Waals surface area contributed by atoms with Gasteiger partial charge in [0.05, 0.1) is 11.1 Å². The van der Waals surface area contributed by atoms with Crippen LogP contribution in [0.5, 0.6) is 0 Å². The first-order chi connectivity index (χ1) is 12.6. The Morgan fingerprint density at radius 2 is 1.15 bits per heavy atom. The van der Waals surface area contributed by atoms with Crippen molar-refractivity contribution in [1.82, 2.24) is 0 Å². The molecule has 0 saturated carbocycles. The molecule has 128 valence electrons. The molecular formula is C22H16O4. The van der Waals surface area contributed by atoms with Gasteiger partial charge in [-0.3, -0.25) is 0 Å². The first-order valence-electron chi connectivity index (χ1n) is 7.99. The highest BCUT2D eigenvalue weighted by Gasteiger charge is 2.16. The van der Waals surface area contributed by atoms with Crippen LogP contribution in [0.4, 0.5) is 0 Å². The molecule has 0 spiro atoms. The van der Waals surface area contributed by atoms with Crippen LogP contribution in [-0.4, -0.2) is 22.2 Å². The molecule has 3 aromatic carbocycles. The van der Waals surface area contributed by atoms with Crippen molar-refractivity contribution in [3.8, 4) is 0 Å². The normalized spacial score (nSPS) is 10.2. The minimum atomic E-state index is -1.27. The van der Waals surface area contributed by atoms with Gasteiger partial charge in [0.1, 0.15) is 0 Å². The van der Waals surface area contributed by atoms with Crippen molar-refractivity contribution in [2.75, 3.05) is 0 Å². The van der Waals surface area contributed by atoms with Crippen LogP contribution in [0.15, 0.2) is 78.9 Å². The molecule has 4 heteroatoms. The maximum Gasteiger partial charge on any atom is 0.336 e. The van der Waals surface area contributed by atoms with Gasteiger partial charge in [0.25, 0.3) is 0 Å². The third-order valence-electron chi connectivity index (χ3n) is 3.99. The highest BCUT2D eigenvalue weighted by atomic mass is 16.4. The van der Waals surface area contributed by atoms with Gasteiger partial charge in [0, 0.05) is 0 Å².